The molecule has 0 saturated carbocycles. The zero-order chi connectivity index (χ0) is 13.2. The fourth-order valence-electron chi connectivity index (χ4n) is 1.14. The van der Waals surface area contributed by atoms with Crippen LogP contribution in [0, 0.1) is 0 Å². The molecule has 8 heteroatoms. The largest absolute Gasteiger partial charge is 0.464 e. The molecule has 1 aromatic carbocycles. The fraction of sp³-hybridized carbons (Fsp3) is 0.200. The number of halogens is 3. The Bertz CT molecular complexity index is 524. The van der Waals surface area contributed by atoms with Crippen molar-refractivity contribution >= 4 is 17.2 Å². The number of nitrogens with two attached hydrogens (primary N) is 1. The highest BCUT2D eigenvalue weighted by Gasteiger charge is 2.36. The van der Waals surface area contributed by atoms with Crippen molar-refractivity contribution in [3.05, 3.63) is 35.7 Å². The zero-order valence-electron chi connectivity index (χ0n) is 8.94. The summed E-state index contributed by atoms with van der Waals surface area (Å²) in [5, 5.41) is -0.112. The van der Waals surface area contributed by atoms with Gasteiger partial charge in [0.25, 0.3) is 11.0 Å². The number of hydrogen-bond acceptors (Lipinski definition) is 5. The van der Waals surface area contributed by atoms with E-state index in [1.165, 1.54) is 0 Å². The molecule has 0 unspecified atom stereocenters. The third-order valence-electron chi connectivity index (χ3n) is 2.00. The monoisotopic (exact) mass is 275 g/mol. The Morgan fingerprint density at radius 3 is 2.44 bits per heavy atom. The first-order chi connectivity index (χ1) is 8.45. The molecule has 1 aromatic heterocycles. The number of hydrogen-bond donors (Lipinski definition) is 1. The first kappa shape index (κ1) is 12.6. The standard InChI is InChI=1S/C10H8F3N3OS/c11-10(12,13)8-15-9(18-16-8)17-5-6-1-3-7(14)4-2-6/h1-4H,5,14H2. The van der Waals surface area contributed by atoms with Crippen LogP contribution in [-0.2, 0) is 12.8 Å². The molecule has 0 radical (unpaired) electrons. The SMILES string of the molecule is Nc1ccc(COc2nc(C(F)(F)F)ns2)cc1. The van der Waals surface area contributed by atoms with E-state index in [0.717, 1.165) is 5.56 Å². The molecule has 0 bridgehead atoms. The molecule has 0 fully saturated rings. The van der Waals surface area contributed by atoms with Gasteiger partial charge in [0.2, 0.25) is 0 Å². The highest BCUT2D eigenvalue weighted by Crippen LogP contribution is 2.29. The van der Waals surface area contributed by atoms with Crippen molar-refractivity contribution in [3.63, 3.8) is 0 Å². The van der Waals surface area contributed by atoms with Crippen LogP contribution in [0.4, 0.5) is 18.9 Å². The lowest BCUT2D eigenvalue weighted by atomic mass is 10.2. The molecule has 4 nitrogen and oxygen atoms in total. The van der Waals surface area contributed by atoms with Gasteiger partial charge in [-0.25, -0.2) is 0 Å². The minimum Gasteiger partial charge on any atom is -0.464 e. The summed E-state index contributed by atoms with van der Waals surface area (Å²) in [7, 11) is 0. The number of anilines is 1. The van der Waals surface area contributed by atoms with E-state index in [0.29, 0.717) is 17.2 Å². The molecule has 0 atom stereocenters. The van der Waals surface area contributed by atoms with Crippen LogP contribution in [0.1, 0.15) is 11.4 Å². The smallest absolute Gasteiger partial charge is 0.452 e. The van der Waals surface area contributed by atoms with Crippen LogP contribution in [0.3, 0.4) is 0 Å². The number of ether oxygens (including phenoxy) is 1. The van der Waals surface area contributed by atoms with Gasteiger partial charge in [0.15, 0.2) is 0 Å². The lowest BCUT2D eigenvalue weighted by Gasteiger charge is -2.02. The number of aromatic nitrogens is 2. The minimum absolute atomic E-state index is 0.112. The zero-order valence-corrected chi connectivity index (χ0v) is 9.76. The van der Waals surface area contributed by atoms with E-state index in [1.807, 2.05) is 0 Å². The van der Waals surface area contributed by atoms with E-state index < -0.39 is 12.0 Å². The Kier molecular flexibility index (Phi) is 3.37. The Labute approximate surface area is 104 Å². The molecule has 2 rings (SSSR count). The Morgan fingerprint density at radius 1 is 1.22 bits per heavy atom. The lowest BCUT2D eigenvalue weighted by Crippen LogP contribution is -2.07. The predicted molar refractivity (Wildman–Crippen MR) is 60.1 cm³/mol. The Hall–Kier alpha value is -1.83. The summed E-state index contributed by atoms with van der Waals surface area (Å²) >= 11 is 0.571. The van der Waals surface area contributed by atoms with Crippen molar-refractivity contribution in [2.24, 2.45) is 0 Å². The molecule has 1 heterocycles. The normalized spacial score (nSPS) is 11.5. The van der Waals surface area contributed by atoms with Gasteiger partial charge in [-0.2, -0.15) is 22.5 Å². The van der Waals surface area contributed by atoms with E-state index in [9.17, 15) is 13.2 Å². The summed E-state index contributed by atoms with van der Waals surface area (Å²) in [5.74, 6) is -1.18. The van der Waals surface area contributed by atoms with Crippen LogP contribution in [0.5, 0.6) is 5.19 Å². The van der Waals surface area contributed by atoms with Crippen molar-refractivity contribution in [2.45, 2.75) is 12.8 Å². The maximum atomic E-state index is 12.2. The molecule has 0 aliphatic rings. The van der Waals surface area contributed by atoms with E-state index in [2.05, 4.69) is 9.36 Å². The molecule has 0 aliphatic heterocycles. The van der Waals surface area contributed by atoms with Gasteiger partial charge < -0.3 is 10.5 Å². The third-order valence-corrected chi connectivity index (χ3v) is 2.63. The first-order valence-corrected chi connectivity index (χ1v) is 5.60. The second-order valence-corrected chi connectivity index (χ2v) is 4.13. The summed E-state index contributed by atoms with van der Waals surface area (Å²) in [6.07, 6.45) is -4.54. The summed E-state index contributed by atoms with van der Waals surface area (Å²) in [5.41, 5.74) is 6.89. The summed E-state index contributed by atoms with van der Waals surface area (Å²) in [6.45, 7) is 0.118. The number of rotatable bonds is 3. The second kappa shape index (κ2) is 4.81. The Morgan fingerprint density at radius 2 is 1.89 bits per heavy atom. The maximum absolute atomic E-state index is 12.2. The first-order valence-electron chi connectivity index (χ1n) is 4.83. The minimum atomic E-state index is -4.54. The molecule has 0 saturated heterocycles. The summed E-state index contributed by atoms with van der Waals surface area (Å²) < 4.78 is 44.9. The molecule has 18 heavy (non-hydrogen) atoms. The van der Waals surface area contributed by atoms with Crippen LogP contribution in [-0.4, -0.2) is 9.36 Å². The van der Waals surface area contributed by atoms with Crippen molar-refractivity contribution in [1.82, 2.24) is 9.36 Å². The van der Waals surface area contributed by atoms with Gasteiger partial charge in [-0.3, -0.25) is 0 Å². The molecular formula is C10H8F3N3OS. The average Bonchev–Trinajstić information content (AvgIpc) is 2.77. The Balaban J connectivity index is 1.98. The molecule has 0 spiro atoms. The van der Waals surface area contributed by atoms with Crippen LogP contribution in [0.25, 0.3) is 0 Å². The van der Waals surface area contributed by atoms with Crippen LogP contribution in [0.2, 0.25) is 0 Å². The van der Waals surface area contributed by atoms with Gasteiger partial charge >= 0.3 is 6.18 Å². The molecule has 0 amide bonds. The third kappa shape index (κ3) is 3.10. The maximum Gasteiger partial charge on any atom is 0.452 e. The highest BCUT2D eigenvalue weighted by molar-refractivity contribution is 7.07. The van der Waals surface area contributed by atoms with Crippen molar-refractivity contribution in [3.8, 4) is 5.19 Å². The lowest BCUT2D eigenvalue weighted by molar-refractivity contribution is -0.144. The molecule has 96 valence electrons. The van der Waals surface area contributed by atoms with Crippen molar-refractivity contribution < 1.29 is 17.9 Å². The van der Waals surface area contributed by atoms with Gasteiger partial charge in [0.05, 0.1) is 0 Å². The van der Waals surface area contributed by atoms with Gasteiger partial charge in [0, 0.05) is 17.2 Å². The fourth-order valence-corrected chi connectivity index (χ4v) is 1.69. The van der Waals surface area contributed by atoms with Gasteiger partial charge in [0.1, 0.15) is 6.61 Å². The van der Waals surface area contributed by atoms with E-state index >= 15 is 0 Å². The van der Waals surface area contributed by atoms with E-state index in [-0.39, 0.29) is 11.8 Å². The second-order valence-electron chi connectivity index (χ2n) is 3.41. The number of nitrogens with zero attached hydrogens (tertiary/aromatic N) is 2. The van der Waals surface area contributed by atoms with Gasteiger partial charge in [-0.1, -0.05) is 12.1 Å². The summed E-state index contributed by atoms with van der Waals surface area (Å²) in [4.78, 5) is 3.25. The predicted octanol–water partition coefficient (Wildman–Crippen LogP) is 2.72. The molecule has 2 N–H and O–H groups in total. The van der Waals surface area contributed by atoms with E-state index in [1.54, 1.807) is 24.3 Å². The van der Waals surface area contributed by atoms with Gasteiger partial charge in [-0.05, 0) is 17.7 Å². The van der Waals surface area contributed by atoms with Crippen LogP contribution < -0.4 is 10.5 Å². The number of benzene rings is 1. The quantitative estimate of drug-likeness (QED) is 0.875. The summed E-state index contributed by atoms with van der Waals surface area (Å²) in [6, 6.07) is 6.81. The molecule has 2 aromatic rings. The van der Waals surface area contributed by atoms with Gasteiger partial charge in [-0.15, -0.1) is 0 Å². The average molecular weight is 275 g/mol. The van der Waals surface area contributed by atoms with Crippen molar-refractivity contribution in [1.29, 1.82) is 0 Å². The highest BCUT2D eigenvalue weighted by atomic mass is 32.1. The molecule has 0 aliphatic carbocycles. The van der Waals surface area contributed by atoms with Crippen LogP contribution >= 0.6 is 11.5 Å². The topological polar surface area (TPSA) is 61.0 Å². The number of nitrogen functional groups attached to an aromatic ring is 1. The van der Waals surface area contributed by atoms with E-state index in [4.69, 9.17) is 10.5 Å². The van der Waals surface area contributed by atoms with Crippen LogP contribution in [0.15, 0.2) is 24.3 Å². The number of alkyl halides is 3. The molecular weight excluding hydrogens is 267 g/mol. The van der Waals surface area contributed by atoms with Crippen molar-refractivity contribution in [2.75, 3.05) is 5.73 Å².